The summed E-state index contributed by atoms with van der Waals surface area (Å²) in [6, 6.07) is 17.9. The highest BCUT2D eigenvalue weighted by molar-refractivity contribution is 6.10. The van der Waals surface area contributed by atoms with Gasteiger partial charge in [0.15, 0.2) is 5.84 Å². The minimum atomic E-state index is -4.82. The Balaban J connectivity index is 1.78. The van der Waals surface area contributed by atoms with Gasteiger partial charge in [-0.15, -0.1) is 13.2 Å². The summed E-state index contributed by atoms with van der Waals surface area (Å²) in [5.74, 6) is -0.758. The molecule has 0 radical (unpaired) electrons. The van der Waals surface area contributed by atoms with Crippen LogP contribution in [0.4, 0.5) is 33.7 Å². The molecule has 174 valence electrons. The van der Waals surface area contributed by atoms with Gasteiger partial charge >= 0.3 is 12.4 Å². The van der Waals surface area contributed by atoms with Crippen LogP contribution >= 0.6 is 0 Å². The van der Waals surface area contributed by atoms with Crippen LogP contribution in [0.15, 0.2) is 77.9 Å². The molecule has 0 saturated heterocycles. The number of rotatable bonds is 5. The van der Waals surface area contributed by atoms with Crippen molar-refractivity contribution >= 4 is 23.2 Å². The number of hydrogen-bond donors (Lipinski definition) is 2. The van der Waals surface area contributed by atoms with Crippen LogP contribution in [0.25, 0.3) is 0 Å². The fourth-order valence-corrected chi connectivity index (χ4v) is 2.85. The number of carbonyl (C=O) groups excluding carboxylic acids is 1. The van der Waals surface area contributed by atoms with Crippen molar-refractivity contribution in [2.45, 2.75) is 6.36 Å². The van der Waals surface area contributed by atoms with Crippen LogP contribution in [0.1, 0.15) is 11.1 Å². The lowest BCUT2D eigenvalue weighted by molar-refractivity contribution is -0.274. The topological polar surface area (TPSA) is 89.8 Å². The molecule has 0 saturated carbocycles. The van der Waals surface area contributed by atoms with Gasteiger partial charge in [0.2, 0.25) is 0 Å². The van der Waals surface area contributed by atoms with Crippen molar-refractivity contribution in [3.8, 4) is 11.8 Å². The average molecular weight is 471 g/mol. The van der Waals surface area contributed by atoms with E-state index in [4.69, 9.17) is 5.26 Å². The van der Waals surface area contributed by atoms with Crippen LogP contribution in [0.5, 0.6) is 5.75 Å². The van der Waals surface area contributed by atoms with E-state index in [1.807, 2.05) is 6.07 Å². The van der Waals surface area contributed by atoms with Crippen molar-refractivity contribution in [3.63, 3.8) is 0 Å². The maximum absolute atomic E-state index is 13.8. The molecule has 3 rings (SSSR count). The Morgan fingerprint density at radius 2 is 1.74 bits per heavy atom. The van der Waals surface area contributed by atoms with Gasteiger partial charge in [-0.1, -0.05) is 12.1 Å². The Labute approximate surface area is 191 Å². The van der Waals surface area contributed by atoms with E-state index < -0.39 is 24.0 Å². The molecule has 3 aromatic carbocycles. The molecule has 0 atom stereocenters. The fourth-order valence-electron chi connectivity index (χ4n) is 2.85. The number of carbonyl (C=O) groups is 1. The van der Waals surface area contributed by atoms with Gasteiger partial charge in [0.25, 0.3) is 0 Å². The number of benzene rings is 3. The summed E-state index contributed by atoms with van der Waals surface area (Å²) < 4.78 is 54.4. The molecule has 11 heteroatoms. The first-order chi connectivity index (χ1) is 16.1. The van der Waals surface area contributed by atoms with Crippen LogP contribution in [0, 0.1) is 17.1 Å². The maximum atomic E-state index is 13.8. The van der Waals surface area contributed by atoms with Gasteiger partial charge in [0, 0.05) is 24.0 Å². The summed E-state index contributed by atoms with van der Waals surface area (Å²) in [6.07, 6.45) is -4.82. The number of amidine groups is 1. The quantitative estimate of drug-likeness (QED) is 0.231. The summed E-state index contributed by atoms with van der Waals surface area (Å²) in [7, 11) is 1.64. The summed E-state index contributed by atoms with van der Waals surface area (Å²) in [4.78, 5) is 13.9. The summed E-state index contributed by atoms with van der Waals surface area (Å²) >= 11 is 0. The van der Waals surface area contributed by atoms with Crippen LogP contribution in [0.3, 0.4) is 0 Å². The average Bonchev–Trinajstić information content (AvgIpc) is 2.79. The number of ether oxygens (including phenoxy) is 1. The number of anilines is 2. The van der Waals surface area contributed by atoms with Crippen molar-refractivity contribution in [3.05, 3.63) is 89.7 Å². The van der Waals surface area contributed by atoms with Gasteiger partial charge in [-0.3, -0.25) is 0 Å². The summed E-state index contributed by atoms with van der Waals surface area (Å²) in [5.41, 5.74) is 3.90. The standard InChI is InChI=1S/C23H17F4N5O2/c1-32(19-9-5-15(14-28)6-10-19)21(16-3-2-4-17(24)13-16)30-31-22(33)29-18-7-11-20(12-8-18)34-23(25,26)27/h2-13H,1H3,(H2,29,31,33). The van der Waals surface area contributed by atoms with Gasteiger partial charge in [0.1, 0.15) is 11.6 Å². The van der Waals surface area contributed by atoms with E-state index in [1.54, 1.807) is 42.3 Å². The third-order valence-electron chi connectivity index (χ3n) is 4.39. The smallest absolute Gasteiger partial charge is 0.406 e. The molecule has 2 N–H and O–H groups in total. The van der Waals surface area contributed by atoms with Crippen LogP contribution in [-0.2, 0) is 0 Å². The number of nitrogens with one attached hydrogen (secondary N) is 2. The number of hydrazone groups is 1. The van der Waals surface area contributed by atoms with Gasteiger partial charge in [-0.05, 0) is 60.7 Å². The molecule has 0 heterocycles. The van der Waals surface area contributed by atoms with Crippen LogP contribution in [0.2, 0.25) is 0 Å². The summed E-state index contributed by atoms with van der Waals surface area (Å²) in [6.45, 7) is 0. The van der Waals surface area contributed by atoms with Crippen LogP contribution in [-0.4, -0.2) is 25.3 Å². The molecule has 0 spiro atoms. The van der Waals surface area contributed by atoms with Crippen molar-refractivity contribution < 1.29 is 27.1 Å². The molecular weight excluding hydrogens is 454 g/mol. The van der Waals surface area contributed by atoms with Gasteiger partial charge < -0.3 is 15.0 Å². The molecule has 3 aromatic rings. The number of halogens is 4. The molecule has 0 aliphatic rings. The lowest BCUT2D eigenvalue weighted by Crippen LogP contribution is -2.32. The highest BCUT2D eigenvalue weighted by Crippen LogP contribution is 2.24. The van der Waals surface area contributed by atoms with Crippen molar-refractivity contribution in [2.75, 3.05) is 17.3 Å². The Hall–Kier alpha value is -4.59. The second-order valence-corrected chi connectivity index (χ2v) is 6.80. The monoisotopic (exact) mass is 471 g/mol. The molecule has 0 bridgehead atoms. The van der Waals surface area contributed by atoms with Gasteiger partial charge in [-0.25, -0.2) is 14.6 Å². The highest BCUT2D eigenvalue weighted by Gasteiger charge is 2.31. The molecule has 0 aromatic heterocycles. The van der Waals surface area contributed by atoms with E-state index in [-0.39, 0.29) is 11.5 Å². The van der Waals surface area contributed by atoms with E-state index in [1.165, 1.54) is 30.3 Å². The molecule has 2 amide bonds. The maximum Gasteiger partial charge on any atom is 0.573 e. The highest BCUT2D eigenvalue weighted by atomic mass is 19.4. The van der Waals surface area contributed by atoms with E-state index in [0.29, 0.717) is 16.8 Å². The zero-order valence-electron chi connectivity index (χ0n) is 17.6. The first-order valence-corrected chi connectivity index (χ1v) is 9.65. The van der Waals surface area contributed by atoms with E-state index in [0.717, 1.165) is 12.1 Å². The predicted octanol–water partition coefficient (Wildman–Crippen LogP) is 5.22. The fraction of sp³-hybridized carbons (Fsp3) is 0.0870. The van der Waals surface area contributed by atoms with Crippen LogP contribution < -0.4 is 20.4 Å². The Morgan fingerprint density at radius 1 is 1.06 bits per heavy atom. The molecule has 0 fully saturated rings. The molecule has 0 unspecified atom stereocenters. The Kier molecular flexibility index (Phi) is 7.33. The van der Waals surface area contributed by atoms with Gasteiger partial charge in [-0.2, -0.15) is 10.4 Å². The Morgan fingerprint density at radius 3 is 2.32 bits per heavy atom. The first kappa shape index (κ1) is 24.1. The molecule has 34 heavy (non-hydrogen) atoms. The lowest BCUT2D eigenvalue weighted by Gasteiger charge is -2.22. The number of hydrogen-bond acceptors (Lipinski definition) is 4. The summed E-state index contributed by atoms with van der Waals surface area (Å²) in [5, 5.41) is 15.5. The number of amides is 2. The van der Waals surface area contributed by atoms with Crippen molar-refractivity contribution in [1.29, 1.82) is 5.26 Å². The van der Waals surface area contributed by atoms with E-state index in [2.05, 4.69) is 20.6 Å². The lowest BCUT2D eigenvalue weighted by atomic mass is 10.1. The van der Waals surface area contributed by atoms with Gasteiger partial charge in [0.05, 0.1) is 11.6 Å². The largest absolute Gasteiger partial charge is 0.573 e. The number of urea groups is 1. The third-order valence-corrected chi connectivity index (χ3v) is 4.39. The first-order valence-electron chi connectivity index (χ1n) is 9.65. The minimum Gasteiger partial charge on any atom is -0.406 e. The number of alkyl halides is 3. The second-order valence-electron chi connectivity index (χ2n) is 6.80. The SMILES string of the molecule is CN(C(=NNC(=O)Nc1ccc(OC(F)(F)F)cc1)c1cccc(F)c1)c1ccc(C#N)cc1. The molecule has 7 nitrogen and oxygen atoms in total. The minimum absolute atomic E-state index is 0.188. The zero-order chi connectivity index (χ0) is 24.7. The third kappa shape index (κ3) is 6.70. The normalized spacial score (nSPS) is 11.4. The predicted molar refractivity (Wildman–Crippen MR) is 118 cm³/mol. The molecule has 0 aliphatic heterocycles. The Bertz CT molecular complexity index is 1220. The molecular formula is C23H17F4N5O2. The second kappa shape index (κ2) is 10.4. The van der Waals surface area contributed by atoms with E-state index >= 15 is 0 Å². The zero-order valence-corrected chi connectivity index (χ0v) is 17.6. The van der Waals surface area contributed by atoms with E-state index in [9.17, 15) is 22.4 Å². The molecule has 0 aliphatic carbocycles. The number of nitrogens with zero attached hydrogens (tertiary/aromatic N) is 3. The number of nitriles is 1. The van der Waals surface area contributed by atoms with Crippen molar-refractivity contribution in [1.82, 2.24) is 5.43 Å². The van der Waals surface area contributed by atoms with Crippen molar-refractivity contribution in [2.24, 2.45) is 5.10 Å².